The summed E-state index contributed by atoms with van der Waals surface area (Å²) in [7, 11) is 1.63. The van der Waals surface area contributed by atoms with Crippen molar-refractivity contribution >= 4 is 33.2 Å². The second kappa shape index (κ2) is 6.07. The van der Waals surface area contributed by atoms with Crippen LogP contribution in [0.5, 0.6) is 5.75 Å². The van der Waals surface area contributed by atoms with E-state index >= 15 is 0 Å². The first-order valence-electron chi connectivity index (χ1n) is 5.36. The molecular weight excluding hydrogens is 316 g/mol. The van der Waals surface area contributed by atoms with Gasteiger partial charge >= 0.3 is 0 Å². The van der Waals surface area contributed by atoms with Crippen LogP contribution < -0.4 is 10.1 Å². The van der Waals surface area contributed by atoms with Crippen LogP contribution in [0.2, 0.25) is 5.02 Å². The molecule has 0 saturated heterocycles. The molecule has 0 radical (unpaired) electrons. The lowest BCUT2D eigenvalue weighted by molar-refractivity contribution is 0.416. The van der Waals surface area contributed by atoms with E-state index in [0.717, 1.165) is 21.5 Å². The van der Waals surface area contributed by atoms with Crippen molar-refractivity contribution in [2.45, 2.75) is 6.54 Å². The number of ether oxygens (including phenoxy) is 1. The van der Waals surface area contributed by atoms with Gasteiger partial charge in [0.1, 0.15) is 5.75 Å². The van der Waals surface area contributed by atoms with Crippen molar-refractivity contribution in [1.82, 2.24) is 4.98 Å². The SMILES string of the molecule is COc1ccc(Cl)cc1NCc1cncc(Br)c1. The van der Waals surface area contributed by atoms with E-state index < -0.39 is 0 Å². The van der Waals surface area contributed by atoms with Crippen LogP contribution in [0.15, 0.2) is 41.1 Å². The Morgan fingerprint density at radius 2 is 2.17 bits per heavy atom. The van der Waals surface area contributed by atoms with Gasteiger partial charge in [-0.05, 0) is 45.8 Å². The average molecular weight is 328 g/mol. The average Bonchev–Trinajstić information content (AvgIpc) is 2.37. The van der Waals surface area contributed by atoms with Crippen LogP contribution >= 0.6 is 27.5 Å². The molecule has 0 bridgehead atoms. The first-order valence-corrected chi connectivity index (χ1v) is 6.53. The quantitative estimate of drug-likeness (QED) is 0.917. The number of benzene rings is 1. The minimum absolute atomic E-state index is 0.656. The van der Waals surface area contributed by atoms with Crippen LogP contribution in [-0.4, -0.2) is 12.1 Å². The fourth-order valence-electron chi connectivity index (χ4n) is 1.57. The Bertz CT molecular complexity index is 548. The van der Waals surface area contributed by atoms with Crippen molar-refractivity contribution < 1.29 is 4.74 Å². The fourth-order valence-corrected chi connectivity index (χ4v) is 2.15. The van der Waals surface area contributed by atoms with Gasteiger partial charge in [-0.15, -0.1) is 0 Å². The molecule has 18 heavy (non-hydrogen) atoms. The molecule has 1 aromatic carbocycles. The number of halogens is 2. The largest absolute Gasteiger partial charge is 0.495 e. The summed E-state index contributed by atoms with van der Waals surface area (Å²) in [6.45, 7) is 0.656. The van der Waals surface area contributed by atoms with Gasteiger partial charge in [0.05, 0.1) is 12.8 Å². The van der Waals surface area contributed by atoms with E-state index in [1.807, 2.05) is 24.4 Å². The molecule has 0 atom stereocenters. The molecule has 0 aliphatic rings. The summed E-state index contributed by atoms with van der Waals surface area (Å²) in [5.41, 5.74) is 1.94. The van der Waals surface area contributed by atoms with Crippen LogP contribution in [0.25, 0.3) is 0 Å². The van der Waals surface area contributed by atoms with Crippen molar-refractivity contribution in [2.75, 3.05) is 12.4 Å². The summed E-state index contributed by atoms with van der Waals surface area (Å²) in [5, 5.41) is 3.95. The van der Waals surface area contributed by atoms with Gasteiger partial charge in [0.15, 0.2) is 0 Å². The van der Waals surface area contributed by atoms with Crippen LogP contribution in [0, 0.1) is 0 Å². The van der Waals surface area contributed by atoms with Gasteiger partial charge in [-0.1, -0.05) is 11.6 Å². The zero-order valence-electron chi connectivity index (χ0n) is 9.78. The van der Waals surface area contributed by atoms with Crippen molar-refractivity contribution in [3.63, 3.8) is 0 Å². The minimum Gasteiger partial charge on any atom is -0.495 e. The highest BCUT2D eigenvalue weighted by Crippen LogP contribution is 2.28. The maximum atomic E-state index is 5.97. The first-order chi connectivity index (χ1) is 8.69. The topological polar surface area (TPSA) is 34.1 Å². The molecular formula is C13H12BrClN2O. The Balaban J connectivity index is 2.12. The van der Waals surface area contributed by atoms with E-state index in [9.17, 15) is 0 Å². The number of pyridine rings is 1. The normalized spacial score (nSPS) is 10.2. The van der Waals surface area contributed by atoms with Gasteiger partial charge in [0, 0.05) is 28.4 Å². The molecule has 1 heterocycles. The van der Waals surface area contributed by atoms with E-state index in [-0.39, 0.29) is 0 Å². The van der Waals surface area contributed by atoms with Gasteiger partial charge < -0.3 is 10.1 Å². The molecule has 0 saturated carbocycles. The number of anilines is 1. The molecule has 0 spiro atoms. The Labute approximate surface area is 119 Å². The second-order valence-corrected chi connectivity index (χ2v) is 5.06. The van der Waals surface area contributed by atoms with Crippen LogP contribution in [0.1, 0.15) is 5.56 Å². The zero-order valence-corrected chi connectivity index (χ0v) is 12.1. The Kier molecular flexibility index (Phi) is 4.44. The van der Waals surface area contributed by atoms with Crippen molar-refractivity contribution in [3.8, 4) is 5.75 Å². The molecule has 1 N–H and O–H groups in total. The predicted octanol–water partition coefficient (Wildman–Crippen LogP) is 4.12. The summed E-state index contributed by atoms with van der Waals surface area (Å²) >= 11 is 9.36. The molecule has 5 heteroatoms. The Morgan fingerprint density at radius 1 is 1.33 bits per heavy atom. The number of hydrogen-bond donors (Lipinski definition) is 1. The molecule has 0 amide bonds. The highest BCUT2D eigenvalue weighted by atomic mass is 79.9. The van der Waals surface area contributed by atoms with Crippen molar-refractivity contribution in [3.05, 3.63) is 51.7 Å². The number of aromatic nitrogens is 1. The molecule has 0 unspecified atom stereocenters. The first kappa shape index (κ1) is 13.2. The molecule has 0 fully saturated rings. The molecule has 2 rings (SSSR count). The summed E-state index contributed by atoms with van der Waals surface area (Å²) in [6, 6.07) is 7.49. The van der Waals surface area contributed by atoms with Crippen LogP contribution in [0.3, 0.4) is 0 Å². The lowest BCUT2D eigenvalue weighted by Gasteiger charge is -2.11. The van der Waals surface area contributed by atoms with E-state index in [0.29, 0.717) is 11.6 Å². The Morgan fingerprint density at radius 3 is 2.89 bits per heavy atom. The highest BCUT2D eigenvalue weighted by molar-refractivity contribution is 9.10. The monoisotopic (exact) mass is 326 g/mol. The Hall–Kier alpha value is -1.26. The molecule has 3 nitrogen and oxygen atoms in total. The van der Waals surface area contributed by atoms with E-state index in [2.05, 4.69) is 26.2 Å². The van der Waals surface area contributed by atoms with E-state index in [1.165, 1.54) is 0 Å². The molecule has 0 aliphatic carbocycles. The summed E-state index contributed by atoms with van der Waals surface area (Å²) in [4.78, 5) is 4.11. The minimum atomic E-state index is 0.656. The van der Waals surface area contributed by atoms with Crippen LogP contribution in [0.4, 0.5) is 5.69 Å². The third kappa shape index (κ3) is 3.37. The number of rotatable bonds is 4. The summed E-state index contributed by atoms with van der Waals surface area (Å²) in [5.74, 6) is 0.766. The van der Waals surface area contributed by atoms with Gasteiger partial charge in [-0.3, -0.25) is 4.98 Å². The lowest BCUT2D eigenvalue weighted by atomic mass is 10.2. The van der Waals surface area contributed by atoms with Gasteiger partial charge in [-0.2, -0.15) is 0 Å². The summed E-state index contributed by atoms with van der Waals surface area (Å²) in [6.07, 6.45) is 3.57. The van der Waals surface area contributed by atoms with Gasteiger partial charge in [0.25, 0.3) is 0 Å². The summed E-state index contributed by atoms with van der Waals surface area (Å²) < 4.78 is 6.22. The van der Waals surface area contributed by atoms with E-state index in [4.69, 9.17) is 16.3 Å². The smallest absolute Gasteiger partial charge is 0.142 e. The number of methoxy groups -OCH3 is 1. The fraction of sp³-hybridized carbons (Fsp3) is 0.154. The number of hydrogen-bond acceptors (Lipinski definition) is 3. The van der Waals surface area contributed by atoms with Crippen molar-refractivity contribution in [2.24, 2.45) is 0 Å². The maximum Gasteiger partial charge on any atom is 0.142 e. The standard InChI is InChI=1S/C13H12BrClN2O/c1-18-13-3-2-11(15)5-12(13)17-7-9-4-10(14)8-16-6-9/h2-6,8,17H,7H2,1H3. The second-order valence-electron chi connectivity index (χ2n) is 3.71. The maximum absolute atomic E-state index is 5.97. The molecule has 1 aromatic heterocycles. The van der Waals surface area contributed by atoms with Crippen molar-refractivity contribution in [1.29, 1.82) is 0 Å². The lowest BCUT2D eigenvalue weighted by Crippen LogP contribution is -2.01. The number of nitrogens with one attached hydrogen (secondary N) is 1. The molecule has 94 valence electrons. The highest BCUT2D eigenvalue weighted by Gasteiger charge is 2.03. The van der Waals surface area contributed by atoms with Gasteiger partial charge in [0.2, 0.25) is 0 Å². The van der Waals surface area contributed by atoms with Crippen LogP contribution in [-0.2, 0) is 6.54 Å². The molecule has 0 aliphatic heterocycles. The third-order valence-corrected chi connectivity index (χ3v) is 3.07. The third-order valence-electron chi connectivity index (χ3n) is 2.41. The molecule has 2 aromatic rings. The predicted molar refractivity (Wildman–Crippen MR) is 77.3 cm³/mol. The zero-order chi connectivity index (χ0) is 13.0. The van der Waals surface area contributed by atoms with Gasteiger partial charge in [-0.25, -0.2) is 0 Å². The number of nitrogens with zero attached hydrogens (tertiary/aromatic N) is 1. The van der Waals surface area contributed by atoms with E-state index in [1.54, 1.807) is 19.4 Å².